The minimum absolute atomic E-state index is 0.103. The normalized spacial score (nSPS) is 11.7. The molecule has 38 heavy (non-hydrogen) atoms. The quantitative estimate of drug-likeness (QED) is 0.173. The first-order chi connectivity index (χ1) is 18.5. The van der Waals surface area contributed by atoms with E-state index in [9.17, 15) is 10.2 Å². The van der Waals surface area contributed by atoms with Crippen molar-refractivity contribution in [2.75, 3.05) is 11.9 Å². The summed E-state index contributed by atoms with van der Waals surface area (Å²) in [5.74, 6) is 0.609. The summed E-state index contributed by atoms with van der Waals surface area (Å²) in [5, 5.41) is 26.0. The van der Waals surface area contributed by atoms with E-state index < -0.39 is 6.04 Å². The number of nitrogens with zero attached hydrogens (tertiary/aromatic N) is 1. The van der Waals surface area contributed by atoms with E-state index in [0.717, 1.165) is 22.4 Å². The fraction of sp³-hybridized carbons (Fsp3) is 0.219. The van der Waals surface area contributed by atoms with E-state index in [1.807, 2.05) is 24.3 Å². The van der Waals surface area contributed by atoms with Gasteiger partial charge in [-0.15, -0.1) is 0 Å². The first-order valence-corrected chi connectivity index (χ1v) is 12.7. The lowest BCUT2D eigenvalue weighted by molar-refractivity contribution is 0.220. The van der Waals surface area contributed by atoms with Crippen LogP contribution < -0.4 is 15.4 Å². The van der Waals surface area contributed by atoms with Crippen molar-refractivity contribution in [3.05, 3.63) is 125 Å². The summed E-state index contributed by atoms with van der Waals surface area (Å²) in [6.45, 7) is 8.95. The molecule has 1 atom stereocenters. The molecule has 0 saturated carbocycles. The number of pyridine rings is 1. The molecule has 4 N–H and O–H groups in total. The van der Waals surface area contributed by atoms with E-state index in [1.54, 1.807) is 12.4 Å². The van der Waals surface area contributed by atoms with Gasteiger partial charge in [0.1, 0.15) is 18.1 Å². The third kappa shape index (κ3) is 6.79. The Morgan fingerprint density at radius 2 is 1.79 bits per heavy atom. The smallest absolute Gasteiger partial charge is 0.126 e. The highest BCUT2D eigenvalue weighted by Crippen LogP contribution is 2.30. The summed E-state index contributed by atoms with van der Waals surface area (Å²) >= 11 is 0. The van der Waals surface area contributed by atoms with Gasteiger partial charge < -0.3 is 25.6 Å². The average molecular weight is 510 g/mol. The van der Waals surface area contributed by atoms with Crippen LogP contribution >= 0.6 is 0 Å². The fourth-order valence-electron chi connectivity index (χ4n) is 4.37. The van der Waals surface area contributed by atoms with Crippen molar-refractivity contribution in [1.29, 1.82) is 0 Å². The van der Waals surface area contributed by atoms with Crippen LogP contribution in [0.2, 0.25) is 0 Å². The zero-order valence-electron chi connectivity index (χ0n) is 21.9. The van der Waals surface area contributed by atoms with Crippen LogP contribution in [0.3, 0.4) is 0 Å². The molecule has 0 spiro atoms. The Kier molecular flexibility index (Phi) is 9.14. The van der Waals surface area contributed by atoms with Crippen molar-refractivity contribution in [1.82, 2.24) is 10.3 Å². The average Bonchev–Trinajstić information content (AvgIpc) is 2.93. The predicted octanol–water partition coefficient (Wildman–Crippen LogP) is 6.08. The number of hydrogen-bond acceptors (Lipinski definition) is 6. The van der Waals surface area contributed by atoms with Gasteiger partial charge in [0, 0.05) is 48.4 Å². The minimum atomic E-state index is -0.612. The number of ether oxygens (including phenoxy) is 1. The SMILES string of the molecule is C=C(O)[C@@H](CO)NCc1cc(C)c(NCc2cccc(-c3ccccc3)c2C)cc1OCc1cccnc1. The molecule has 196 valence electrons. The predicted molar refractivity (Wildman–Crippen MR) is 153 cm³/mol. The Labute approximate surface area is 224 Å². The molecule has 0 aliphatic heterocycles. The molecular formula is C32H35N3O3. The first-order valence-electron chi connectivity index (χ1n) is 12.7. The molecule has 0 saturated heterocycles. The molecule has 6 nitrogen and oxygen atoms in total. The zero-order chi connectivity index (χ0) is 26.9. The Balaban J connectivity index is 1.56. The van der Waals surface area contributed by atoms with Crippen LogP contribution in [0.4, 0.5) is 5.69 Å². The van der Waals surface area contributed by atoms with E-state index in [-0.39, 0.29) is 12.4 Å². The number of anilines is 1. The lowest BCUT2D eigenvalue weighted by Gasteiger charge is -2.20. The lowest BCUT2D eigenvalue weighted by atomic mass is 9.96. The number of aliphatic hydroxyl groups excluding tert-OH is 2. The molecule has 0 amide bonds. The van der Waals surface area contributed by atoms with Gasteiger partial charge in [-0.1, -0.05) is 61.2 Å². The molecule has 1 aromatic heterocycles. The number of aryl methyl sites for hydroxylation is 1. The maximum Gasteiger partial charge on any atom is 0.126 e. The number of rotatable bonds is 12. The van der Waals surface area contributed by atoms with Crippen LogP contribution in [0, 0.1) is 13.8 Å². The standard InChI is InChI=1S/C32H35N3O3/c1-22-15-28(19-35-31(20-36)24(3)37)32(38-21-25-9-8-14-33-17-25)16-30(22)34-18-27-12-7-13-29(23(27)2)26-10-5-4-6-11-26/h4-17,31,34-37H,3,18-21H2,1-2H3/t31-/m1/s1. The Hall–Kier alpha value is -4.13. The largest absolute Gasteiger partial charge is 0.511 e. The third-order valence-corrected chi connectivity index (χ3v) is 6.65. The van der Waals surface area contributed by atoms with E-state index in [2.05, 4.69) is 84.6 Å². The van der Waals surface area contributed by atoms with E-state index in [1.165, 1.54) is 22.3 Å². The fourth-order valence-corrected chi connectivity index (χ4v) is 4.37. The van der Waals surface area contributed by atoms with Crippen molar-refractivity contribution in [2.24, 2.45) is 0 Å². The molecule has 0 aliphatic carbocycles. The second kappa shape index (κ2) is 12.9. The maximum absolute atomic E-state index is 9.74. The van der Waals surface area contributed by atoms with Gasteiger partial charge in [-0.05, 0) is 53.8 Å². The molecule has 4 aromatic rings. The monoisotopic (exact) mass is 509 g/mol. The number of hydrogen-bond donors (Lipinski definition) is 4. The minimum Gasteiger partial charge on any atom is -0.511 e. The number of nitrogens with one attached hydrogen (secondary N) is 2. The maximum atomic E-state index is 9.74. The molecule has 0 bridgehead atoms. The van der Waals surface area contributed by atoms with Crippen LogP contribution in [0.5, 0.6) is 5.75 Å². The van der Waals surface area contributed by atoms with Gasteiger partial charge in [0.05, 0.1) is 12.6 Å². The van der Waals surface area contributed by atoms with Crippen molar-refractivity contribution < 1.29 is 14.9 Å². The summed E-state index contributed by atoms with van der Waals surface area (Å²) in [4.78, 5) is 4.17. The van der Waals surface area contributed by atoms with Gasteiger partial charge >= 0.3 is 0 Å². The molecule has 6 heteroatoms. The lowest BCUT2D eigenvalue weighted by Crippen LogP contribution is -2.33. The summed E-state index contributed by atoms with van der Waals surface area (Å²) in [7, 11) is 0. The second-order valence-electron chi connectivity index (χ2n) is 9.34. The topological polar surface area (TPSA) is 86.6 Å². The van der Waals surface area contributed by atoms with Crippen LogP contribution in [-0.2, 0) is 19.7 Å². The highest BCUT2D eigenvalue weighted by molar-refractivity contribution is 5.68. The molecule has 0 unspecified atom stereocenters. The van der Waals surface area contributed by atoms with Crippen molar-refractivity contribution in [2.45, 2.75) is 39.6 Å². The molecule has 0 aliphatic rings. The van der Waals surface area contributed by atoms with E-state index in [0.29, 0.717) is 25.4 Å². The molecule has 1 heterocycles. The molecule has 0 radical (unpaired) electrons. The van der Waals surface area contributed by atoms with Crippen LogP contribution in [0.15, 0.2) is 97.5 Å². The Morgan fingerprint density at radius 1 is 0.974 bits per heavy atom. The molecular weight excluding hydrogens is 474 g/mol. The van der Waals surface area contributed by atoms with Crippen LogP contribution in [0.1, 0.15) is 27.8 Å². The summed E-state index contributed by atoms with van der Waals surface area (Å²) < 4.78 is 6.23. The van der Waals surface area contributed by atoms with Crippen molar-refractivity contribution in [3.63, 3.8) is 0 Å². The number of aromatic nitrogens is 1. The Morgan fingerprint density at radius 3 is 2.50 bits per heavy atom. The highest BCUT2D eigenvalue weighted by atomic mass is 16.5. The van der Waals surface area contributed by atoms with Crippen LogP contribution in [-0.4, -0.2) is 27.8 Å². The van der Waals surface area contributed by atoms with Gasteiger partial charge in [-0.25, -0.2) is 0 Å². The number of benzene rings is 3. The van der Waals surface area contributed by atoms with Gasteiger partial charge in [-0.3, -0.25) is 4.98 Å². The molecule has 4 rings (SSSR count). The van der Waals surface area contributed by atoms with Gasteiger partial charge in [0.15, 0.2) is 0 Å². The summed E-state index contributed by atoms with van der Waals surface area (Å²) in [6, 6.07) is 24.2. The van der Waals surface area contributed by atoms with Gasteiger partial charge in [-0.2, -0.15) is 0 Å². The van der Waals surface area contributed by atoms with E-state index >= 15 is 0 Å². The molecule has 0 fully saturated rings. The number of aliphatic hydroxyl groups is 2. The first kappa shape index (κ1) is 26.9. The third-order valence-electron chi connectivity index (χ3n) is 6.65. The summed E-state index contributed by atoms with van der Waals surface area (Å²) in [5.41, 5.74) is 8.83. The van der Waals surface area contributed by atoms with Gasteiger partial charge in [0.2, 0.25) is 0 Å². The van der Waals surface area contributed by atoms with Crippen LogP contribution in [0.25, 0.3) is 11.1 Å². The second-order valence-corrected chi connectivity index (χ2v) is 9.34. The van der Waals surface area contributed by atoms with Crippen molar-refractivity contribution >= 4 is 5.69 Å². The highest BCUT2D eigenvalue weighted by Gasteiger charge is 2.15. The van der Waals surface area contributed by atoms with E-state index in [4.69, 9.17) is 4.74 Å². The Bertz CT molecular complexity index is 1360. The molecule has 3 aromatic carbocycles. The summed E-state index contributed by atoms with van der Waals surface area (Å²) in [6.07, 6.45) is 3.52. The van der Waals surface area contributed by atoms with Crippen molar-refractivity contribution in [3.8, 4) is 16.9 Å². The zero-order valence-corrected chi connectivity index (χ0v) is 21.9. The van der Waals surface area contributed by atoms with Gasteiger partial charge in [0.25, 0.3) is 0 Å².